The van der Waals surface area contributed by atoms with Crippen molar-refractivity contribution in [2.24, 2.45) is 23.7 Å². The molecule has 1 aliphatic rings. The maximum atomic E-state index is 14.5. The van der Waals surface area contributed by atoms with Crippen LogP contribution in [0.2, 0.25) is 0 Å². The van der Waals surface area contributed by atoms with Crippen molar-refractivity contribution < 1.29 is 43.3 Å². The Balaban J connectivity index is 1.77. The number of nitrogens with one attached hydrogen (secondary N) is 2. The van der Waals surface area contributed by atoms with Gasteiger partial charge in [0.2, 0.25) is 23.6 Å². The summed E-state index contributed by atoms with van der Waals surface area (Å²) >= 11 is 0. The summed E-state index contributed by atoms with van der Waals surface area (Å²) in [4.78, 5) is 74.8. The smallest absolute Gasteiger partial charge is 0.328 e. The highest BCUT2D eigenvalue weighted by Crippen LogP contribution is 2.30. The van der Waals surface area contributed by atoms with Gasteiger partial charge < -0.3 is 39.8 Å². The molecule has 1 fully saturated rings. The van der Waals surface area contributed by atoms with Crippen molar-refractivity contribution in [1.29, 1.82) is 0 Å². The second-order valence-corrected chi connectivity index (χ2v) is 17.7. The van der Waals surface area contributed by atoms with E-state index in [9.17, 15) is 29.1 Å². The Kier molecular flexibility index (Phi) is 20.8. The van der Waals surface area contributed by atoms with Gasteiger partial charge >= 0.3 is 5.97 Å². The number of ether oxygens (including phenoxy) is 3. The molecule has 1 saturated heterocycles. The van der Waals surface area contributed by atoms with Gasteiger partial charge in [0.15, 0.2) is 0 Å². The van der Waals surface area contributed by atoms with Crippen molar-refractivity contribution in [3.05, 3.63) is 65.7 Å². The summed E-state index contributed by atoms with van der Waals surface area (Å²) in [5, 5.41) is 15.6. The summed E-state index contributed by atoms with van der Waals surface area (Å²) in [6, 6.07) is 13.3. The zero-order valence-electron chi connectivity index (χ0n) is 39.3. The first kappa shape index (κ1) is 51.8. The highest BCUT2D eigenvalue weighted by atomic mass is 16.5. The zero-order valence-corrected chi connectivity index (χ0v) is 39.3. The van der Waals surface area contributed by atoms with Gasteiger partial charge in [0.25, 0.3) is 0 Å². The molecule has 2 aromatic carbocycles. The molecule has 1 heterocycles. The topological polar surface area (TPSA) is 167 Å². The number of likely N-dealkylation sites (tertiary alicyclic amines) is 1. The van der Waals surface area contributed by atoms with Crippen molar-refractivity contribution in [2.45, 2.75) is 129 Å². The van der Waals surface area contributed by atoms with E-state index in [4.69, 9.17) is 14.2 Å². The number of benzene rings is 2. The van der Waals surface area contributed by atoms with E-state index in [1.165, 1.54) is 14.2 Å². The fourth-order valence-electron chi connectivity index (χ4n) is 8.89. The third kappa shape index (κ3) is 14.0. The third-order valence-electron chi connectivity index (χ3n) is 12.6. The molecule has 1 aliphatic heterocycles. The lowest BCUT2D eigenvalue weighted by molar-refractivity contribution is -0.149. The molecule has 0 aromatic heterocycles. The van der Waals surface area contributed by atoms with Crippen molar-refractivity contribution in [3.63, 3.8) is 0 Å². The minimum atomic E-state index is -0.903. The molecule has 3 rings (SSSR count). The number of carbonyl (C=O) groups is 5. The number of nitrogens with zero attached hydrogens (tertiary/aromatic N) is 3. The number of aromatic hydroxyl groups is 1. The van der Waals surface area contributed by atoms with Crippen LogP contribution >= 0.6 is 0 Å². The first-order valence-corrected chi connectivity index (χ1v) is 22.2. The quantitative estimate of drug-likeness (QED) is 0.124. The Morgan fingerprint density at radius 2 is 1.48 bits per heavy atom. The standard InChI is InChI=1S/C48H75N5O9/c1-13-32(6)43(52(9)47(58)41(30(2)3)50-46(57)42(31(4)5)51(8)27-25-34-21-23-36(54)24-22-34)39(60-10)29-40(55)53-26-17-20-38(53)44(61-11)33(7)45(56)49-37(48(59)62-12)28-35-18-15-14-16-19-35/h14-16,18-19,21-24,30-33,37-39,41-44,54H,13,17,20,25-29H2,1-12H3,(H,49,56)(H,50,57). The Bertz CT molecular complexity index is 1720. The van der Waals surface area contributed by atoms with Crippen molar-refractivity contribution in [2.75, 3.05) is 48.5 Å². The fraction of sp³-hybridized carbons (Fsp3) is 0.646. The van der Waals surface area contributed by atoms with Crippen LogP contribution in [-0.4, -0.2) is 140 Å². The molecule has 14 heteroatoms. The van der Waals surface area contributed by atoms with E-state index in [0.29, 0.717) is 38.8 Å². The monoisotopic (exact) mass is 866 g/mol. The number of phenolic OH excluding ortho intramolecular Hbond substituents is 1. The molecular weight excluding hydrogens is 791 g/mol. The number of rotatable bonds is 24. The lowest BCUT2D eigenvalue weighted by Gasteiger charge is -2.41. The zero-order chi connectivity index (χ0) is 46.3. The van der Waals surface area contributed by atoms with Gasteiger partial charge in [-0.1, -0.05) is 97.4 Å². The molecule has 62 heavy (non-hydrogen) atoms. The van der Waals surface area contributed by atoms with Gasteiger partial charge in [-0.2, -0.15) is 0 Å². The van der Waals surface area contributed by atoms with Gasteiger partial charge in [-0.25, -0.2) is 4.79 Å². The van der Waals surface area contributed by atoms with Crippen molar-refractivity contribution >= 4 is 29.6 Å². The number of hydrogen-bond acceptors (Lipinski definition) is 10. The molecular formula is C48H75N5O9. The Labute approximate surface area is 370 Å². The molecule has 3 N–H and O–H groups in total. The van der Waals surface area contributed by atoms with Gasteiger partial charge in [-0.15, -0.1) is 0 Å². The molecule has 346 valence electrons. The summed E-state index contributed by atoms with van der Waals surface area (Å²) in [5.74, 6) is -2.48. The average molecular weight is 866 g/mol. The van der Waals surface area contributed by atoms with Gasteiger partial charge in [0, 0.05) is 40.8 Å². The van der Waals surface area contributed by atoms with Gasteiger partial charge in [-0.05, 0) is 67.3 Å². The molecule has 0 aliphatic carbocycles. The number of carbonyl (C=O) groups excluding carboxylic acids is 5. The van der Waals surface area contributed by atoms with E-state index < -0.39 is 54.3 Å². The van der Waals surface area contributed by atoms with E-state index in [0.717, 1.165) is 11.1 Å². The summed E-state index contributed by atoms with van der Waals surface area (Å²) < 4.78 is 17.0. The van der Waals surface area contributed by atoms with Crippen LogP contribution in [0.3, 0.4) is 0 Å². The number of hydrogen-bond donors (Lipinski definition) is 3. The van der Waals surface area contributed by atoms with Crippen LogP contribution in [0.5, 0.6) is 5.75 Å². The molecule has 14 nitrogen and oxygen atoms in total. The lowest BCUT2D eigenvalue weighted by atomic mass is 9.89. The third-order valence-corrected chi connectivity index (χ3v) is 12.6. The Morgan fingerprint density at radius 1 is 0.839 bits per heavy atom. The van der Waals surface area contributed by atoms with Crippen LogP contribution in [0, 0.1) is 23.7 Å². The van der Waals surface area contributed by atoms with E-state index >= 15 is 0 Å². The second-order valence-electron chi connectivity index (χ2n) is 17.7. The highest BCUT2D eigenvalue weighted by molar-refractivity contribution is 5.90. The number of likely N-dealkylation sites (N-methyl/N-ethyl adjacent to an activating group) is 2. The molecule has 0 spiro atoms. The van der Waals surface area contributed by atoms with E-state index in [1.807, 2.05) is 96.0 Å². The van der Waals surface area contributed by atoms with Gasteiger partial charge in [0.05, 0.1) is 49.8 Å². The molecule has 0 saturated carbocycles. The van der Waals surface area contributed by atoms with Gasteiger partial charge in [0.1, 0.15) is 17.8 Å². The number of phenols is 1. The first-order chi connectivity index (χ1) is 29.4. The van der Waals surface area contributed by atoms with Gasteiger partial charge in [-0.3, -0.25) is 24.1 Å². The molecule has 0 radical (unpaired) electrons. The largest absolute Gasteiger partial charge is 0.508 e. The SMILES string of the molecule is CCC(C)C(C(CC(=O)N1CCCC1C(OC)C(C)C(=O)NC(Cc1ccccc1)C(=O)OC)OC)N(C)C(=O)C(NC(=O)C(C(C)C)N(C)CCc1ccc(O)cc1)C(C)C. The first-order valence-electron chi connectivity index (χ1n) is 22.2. The van der Waals surface area contributed by atoms with Crippen molar-refractivity contribution in [1.82, 2.24) is 25.3 Å². The molecule has 2 aromatic rings. The number of methoxy groups -OCH3 is 3. The lowest BCUT2D eigenvalue weighted by Crippen LogP contribution is -2.60. The minimum Gasteiger partial charge on any atom is -0.508 e. The fourth-order valence-corrected chi connectivity index (χ4v) is 8.89. The predicted octanol–water partition coefficient (Wildman–Crippen LogP) is 4.85. The number of esters is 1. The maximum absolute atomic E-state index is 14.5. The number of amides is 4. The summed E-state index contributed by atoms with van der Waals surface area (Å²) in [6.07, 6.45) is 1.63. The normalized spacial score (nSPS) is 18.0. The summed E-state index contributed by atoms with van der Waals surface area (Å²) in [7, 11) is 7.99. The van der Waals surface area contributed by atoms with Crippen LogP contribution in [0.4, 0.5) is 0 Å². The summed E-state index contributed by atoms with van der Waals surface area (Å²) in [6.45, 7) is 14.7. The molecule has 4 amide bonds. The summed E-state index contributed by atoms with van der Waals surface area (Å²) in [5.41, 5.74) is 1.91. The molecule has 9 atom stereocenters. The van der Waals surface area contributed by atoms with Crippen LogP contribution in [0.1, 0.15) is 85.3 Å². The van der Waals surface area contributed by atoms with E-state index in [1.54, 1.807) is 43.0 Å². The molecule has 0 bridgehead atoms. The van der Waals surface area contributed by atoms with Crippen LogP contribution in [-0.2, 0) is 51.0 Å². The van der Waals surface area contributed by atoms with Crippen LogP contribution in [0.25, 0.3) is 0 Å². The molecule has 9 unspecified atom stereocenters. The Hall–Kier alpha value is -4.53. The van der Waals surface area contributed by atoms with E-state index in [-0.39, 0.29) is 60.0 Å². The average Bonchev–Trinajstić information content (AvgIpc) is 3.74. The van der Waals surface area contributed by atoms with Crippen LogP contribution < -0.4 is 10.6 Å². The predicted molar refractivity (Wildman–Crippen MR) is 240 cm³/mol. The Morgan fingerprint density at radius 3 is 2.03 bits per heavy atom. The highest BCUT2D eigenvalue weighted by Gasteiger charge is 2.43. The van der Waals surface area contributed by atoms with E-state index in [2.05, 4.69) is 10.6 Å². The maximum Gasteiger partial charge on any atom is 0.328 e. The second kappa shape index (κ2) is 24.9. The van der Waals surface area contributed by atoms with Crippen LogP contribution in [0.15, 0.2) is 54.6 Å². The minimum absolute atomic E-state index is 0.0158. The van der Waals surface area contributed by atoms with Crippen molar-refractivity contribution in [3.8, 4) is 5.75 Å².